The Morgan fingerprint density at radius 2 is 1.75 bits per heavy atom. The molecule has 0 unspecified atom stereocenters. The molecule has 0 radical (unpaired) electrons. The Balaban J connectivity index is 2.74. The molecule has 0 amide bonds. The number of nitrogen functional groups attached to an aromatic ring is 1. The minimum absolute atomic E-state index is 0.144. The molecule has 7 heteroatoms. The van der Waals surface area contributed by atoms with Crippen LogP contribution in [-0.2, 0) is 10.0 Å². The van der Waals surface area contributed by atoms with E-state index < -0.39 is 10.0 Å². The third-order valence-electron chi connectivity index (χ3n) is 2.82. The molecule has 0 heterocycles. The molecule has 6 nitrogen and oxygen atoms in total. The SMILES string of the molecule is CN(C)CC(C)(C)CNS(=O)(=O)c1ccc(NN)cc1. The predicted octanol–water partition coefficient (Wildman–Crippen LogP) is 0.838. The van der Waals surface area contributed by atoms with E-state index in [0.717, 1.165) is 6.54 Å². The molecule has 0 saturated carbocycles. The molecule has 0 bridgehead atoms. The Morgan fingerprint density at radius 1 is 1.20 bits per heavy atom. The topological polar surface area (TPSA) is 87.5 Å². The van der Waals surface area contributed by atoms with Crippen molar-refractivity contribution in [3.63, 3.8) is 0 Å². The van der Waals surface area contributed by atoms with E-state index in [4.69, 9.17) is 5.84 Å². The van der Waals surface area contributed by atoms with Crippen molar-refractivity contribution < 1.29 is 8.42 Å². The Labute approximate surface area is 121 Å². The van der Waals surface area contributed by atoms with Crippen LogP contribution in [0.3, 0.4) is 0 Å². The summed E-state index contributed by atoms with van der Waals surface area (Å²) in [5.41, 5.74) is 2.98. The highest BCUT2D eigenvalue weighted by Crippen LogP contribution is 2.17. The van der Waals surface area contributed by atoms with Gasteiger partial charge in [0.25, 0.3) is 0 Å². The zero-order valence-corrected chi connectivity index (χ0v) is 13.3. The fraction of sp³-hybridized carbons (Fsp3) is 0.538. The van der Waals surface area contributed by atoms with Gasteiger partial charge in [-0.15, -0.1) is 0 Å². The smallest absolute Gasteiger partial charge is 0.240 e. The van der Waals surface area contributed by atoms with Gasteiger partial charge in [-0.2, -0.15) is 0 Å². The van der Waals surface area contributed by atoms with E-state index >= 15 is 0 Å². The fourth-order valence-corrected chi connectivity index (χ4v) is 3.26. The maximum absolute atomic E-state index is 12.2. The van der Waals surface area contributed by atoms with Crippen molar-refractivity contribution in [3.05, 3.63) is 24.3 Å². The molecule has 0 aromatic heterocycles. The summed E-state index contributed by atoms with van der Waals surface area (Å²) < 4.78 is 27.0. The lowest BCUT2D eigenvalue weighted by molar-refractivity contribution is 0.242. The summed E-state index contributed by atoms with van der Waals surface area (Å²) in [6, 6.07) is 6.30. The lowest BCUT2D eigenvalue weighted by Gasteiger charge is -2.28. The monoisotopic (exact) mass is 300 g/mol. The molecule has 0 saturated heterocycles. The molecule has 0 aliphatic rings. The van der Waals surface area contributed by atoms with Crippen LogP contribution in [0.4, 0.5) is 5.69 Å². The average molecular weight is 300 g/mol. The van der Waals surface area contributed by atoms with Gasteiger partial charge in [-0.3, -0.25) is 5.84 Å². The lowest BCUT2D eigenvalue weighted by Crippen LogP contribution is -2.39. The Hall–Kier alpha value is -1.15. The first-order valence-corrected chi connectivity index (χ1v) is 7.86. The summed E-state index contributed by atoms with van der Waals surface area (Å²) in [6.45, 7) is 5.23. The van der Waals surface area contributed by atoms with Gasteiger partial charge in [0.2, 0.25) is 10.0 Å². The van der Waals surface area contributed by atoms with Gasteiger partial charge in [-0.1, -0.05) is 13.8 Å². The molecule has 0 aliphatic carbocycles. The van der Waals surface area contributed by atoms with E-state index in [2.05, 4.69) is 10.1 Å². The Kier molecular flexibility index (Phi) is 5.52. The summed E-state index contributed by atoms with van der Waals surface area (Å²) >= 11 is 0. The minimum Gasteiger partial charge on any atom is -0.324 e. The van der Waals surface area contributed by atoms with Crippen molar-refractivity contribution in [1.29, 1.82) is 0 Å². The van der Waals surface area contributed by atoms with E-state index in [1.807, 2.05) is 32.8 Å². The summed E-state index contributed by atoms with van der Waals surface area (Å²) in [5, 5.41) is 0. The van der Waals surface area contributed by atoms with E-state index in [1.54, 1.807) is 12.1 Å². The highest BCUT2D eigenvalue weighted by atomic mass is 32.2. The number of hydrazine groups is 1. The minimum atomic E-state index is -3.49. The number of benzene rings is 1. The first-order chi connectivity index (χ1) is 9.16. The summed E-state index contributed by atoms with van der Waals surface area (Å²) in [6.07, 6.45) is 0. The van der Waals surface area contributed by atoms with Crippen LogP contribution in [0.2, 0.25) is 0 Å². The highest BCUT2D eigenvalue weighted by Gasteiger charge is 2.23. The summed E-state index contributed by atoms with van der Waals surface area (Å²) in [4.78, 5) is 2.27. The molecule has 4 N–H and O–H groups in total. The standard InChI is InChI=1S/C13H24N4O2S/c1-13(2,10-17(3)4)9-15-20(18,19)12-7-5-11(16-14)6-8-12/h5-8,15-16H,9-10,14H2,1-4H3. The van der Waals surface area contributed by atoms with Crippen molar-refractivity contribution in [3.8, 4) is 0 Å². The predicted molar refractivity (Wildman–Crippen MR) is 81.8 cm³/mol. The number of sulfonamides is 1. The highest BCUT2D eigenvalue weighted by molar-refractivity contribution is 7.89. The number of hydrogen-bond donors (Lipinski definition) is 3. The third-order valence-corrected chi connectivity index (χ3v) is 4.23. The zero-order valence-electron chi connectivity index (χ0n) is 12.5. The van der Waals surface area contributed by atoms with Crippen LogP contribution in [0.15, 0.2) is 29.2 Å². The van der Waals surface area contributed by atoms with E-state index in [9.17, 15) is 8.42 Å². The zero-order chi connectivity index (χ0) is 15.4. The Morgan fingerprint density at radius 3 is 2.20 bits per heavy atom. The van der Waals surface area contributed by atoms with Gasteiger partial charge in [0, 0.05) is 18.8 Å². The first kappa shape index (κ1) is 16.9. The molecule has 0 atom stereocenters. The van der Waals surface area contributed by atoms with Crippen molar-refractivity contribution in [2.75, 3.05) is 32.6 Å². The van der Waals surface area contributed by atoms with E-state index in [0.29, 0.717) is 12.2 Å². The lowest BCUT2D eigenvalue weighted by atomic mass is 9.93. The second kappa shape index (κ2) is 6.53. The van der Waals surface area contributed by atoms with Crippen LogP contribution in [-0.4, -0.2) is 40.5 Å². The first-order valence-electron chi connectivity index (χ1n) is 6.37. The van der Waals surface area contributed by atoms with E-state index in [-0.39, 0.29) is 10.3 Å². The molecular weight excluding hydrogens is 276 g/mol. The van der Waals surface area contributed by atoms with Gasteiger partial charge < -0.3 is 10.3 Å². The third kappa shape index (κ3) is 5.09. The van der Waals surface area contributed by atoms with E-state index in [1.165, 1.54) is 12.1 Å². The van der Waals surface area contributed by atoms with Gasteiger partial charge in [0.05, 0.1) is 4.90 Å². The largest absolute Gasteiger partial charge is 0.324 e. The number of rotatable bonds is 7. The normalized spacial score (nSPS) is 12.7. The maximum Gasteiger partial charge on any atom is 0.240 e. The molecule has 1 rings (SSSR count). The molecule has 0 fully saturated rings. The maximum atomic E-state index is 12.2. The summed E-state index contributed by atoms with van der Waals surface area (Å²) in [7, 11) is 0.443. The summed E-state index contributed by atoms with van der Waals surface area (Å²) in [5.74, 6) is 5.25. The number of nitrogens with two attached hydrogens (primary N) is 1. The fourth-order valence-electron chi connectivity index (χ4n) is 2.02. The van der Waals surface area contributed by atoms with Gasteiger partial charge in [-0.25, -0.2) is 13.1 Å². The molecule has 114 valence electrons. The molecule has 0 aliphatic heterocycles. The van der Waals surface area contributed by atoms with Gasteiger partial charge in [0.15, 0.2) is 0 Å². The van der Waals surface area contributed by atoms with Crippen LogP contribution in [0.1, 0.15) is 13.8 Å². The number of nitrogens with zero attached hydrogens (tertiary/aromatic N) is 1. The molecule has 0 spiro atoms. The van der Waals surface area contributed by atoms with Crippen molar-refractivity contribution in [1.82, 2.24) is 9.62 Å². The van der Waals surface area contributed by atoms with Crippen molar-refractivity contribution >= 4 is 15.7 Å². The number of anilines is 1. The molecule has 1 aromatic carbocycles. The van der Waals surface area contributed by atoms with Crippen molar-refractivity contribution in [2.24, 2.45) is 11.3 Å². The van der Waals surface area contributed by atoms with Crippen LogP contribution < -0.4 is 16.0 Å². The Bertz CT molecular complexity index is 524. The van der Waals surface area contributed by atoms with Gasteiger partial charge in [0.1, 0.15) is 0 Å². The second-order valence-corrected chi connectivity index (χ2v) is 7.66. The van der Waals surface area contributed by atoms with Crippen molar-refractivity contribution in [2.45, 2.75) is 18.7 Å². The van der Waals surface area contributed by atoms with Gasteiger partial charge in [-0.05, 0) is 43.8 Å². The second-order valence-electron chi connectivity index (χ2n) is 5.90. The van der Waals surface area contributed by atoms with Crippen LogP contribution in [0.5, 0.6) is 0 Å². The van der Waals surface area contributed by atoms with Gasteiger partial charge >= 0.3 is 0 Å². The number of nitrogens with one attached hydrogen (secondary N) is 2. The van der Waals surface area contributed by atoms with Crippen LogP contribution in [0, 0.1) is 5.41 Å². The average Bonchev–Trinajstić information content (AvgIpc) is 2.35. The quantitative estimate of drug-likeness (QED) is 0.513. The molecule has 1 aromatic rings. The molecule has 20 heavy (non-hydrogen) atoms. The molecular formula is C13H24N4O2S. The number of hydrogen-bond acceptors (Lipinski definition) is 5. The van der Waals surface area contributed by atoms with Crippen LogP contribution >= 0.6 is 0 Å². The van der Waals surface area contributed by atoms with Crippen LogP contribution in [0.25, 0.3) is 0 Å².